The average molecular weight is 309 g/mol. The number of nitro groups is 1. The first-order valence-corrected chi connectivity index (χ1v) is 6.85. The Balaban J connectivity index is 2.22. The molecule has 1 heterocycles. The summed E-state index contributed by atoms with van der Waals surface area (Å²) in [6.45, 7) is 0. The van der Waals surface area contributed by atoms with E-state index in [0.717, 1.165) is 23.5 Å². The summed E-state index contributed by atoms with van der Waals surface area (Å²) < 4.78 is 18.9. The molecular weight excluding hydrogens is 297 g/mol. The summed E-state index contributed by atoms with van der Waals surface area (Å²) in [7, 11) is 1.56. The second kappa shape index (κ2) is 6.40. The van der Waals surface area contributed by atoms with Crippen LogP contribution in [0.3, 0.4) is 0 Å². The molecule has 0 atom stereocenters. The van der Waals surface area contributed by atoms with Crippen molar-refractivity contribution in [1.29, 1.82) is 0 Å². The zero-order chi connectivity index (χ0) is 15.4. The Bertz CT molecular complexity index is 664. The maximum absolute atomic E-state index is 13.9. The number of halogens is 1. The molecule has 0 bridgehead atoms. The number of methoxy groups -OCH3 is 1. The van der Waals surface area contributed by atoms with Gasteiger partial charge in [0.25, 0.3) is 0 Å². The second-order valence-electron chi connectivity index (χ2n) is 4.07. The molecule has 0 unspecified atom stereocenters. The number of rotatable bonds is 5. The lowest BCUT2D eigenvalue weighted by molar-refractivity contribution is -0.388. The predicted octanol–water partition coefficient (Wildman–Crippen LogP) is 3.01. The van der Waals surface area contributed by atoms with Crippen molar-refractivity contribution in [2.45, 2.75) is 10.6 Å². The zero-order valence-electron chi connectivity index (χ0n) is 11.1. The molecule has 1 aromatic heterocycles. The lowest BCUT2D eigenvalue weighted by Crippen LogP contribution is -2.01. The van der Waals surface area contributed by atoms with Gasteiger partial charge in [0.15, 0.2) is 11.6 Å². The summed E-state index contributed by atoms with van der Waals surface area (Å²) in [5.41, 5.74) is 5.85. The van der Waals surface area contributed by atoms with Gasteiger partial charge in [-0.05, 0) is 17.7 Å². The molecule has 0 saturated carbocycles. The molecule has 0 aliphatic heterocycles. The molecule has 0 fully saturated rings. The van der Waals surface area contributed by atoms with Crippen LogP contribution in [0.15, 0.2) is 35.4 Å². The van der Waals surface area contributed by atoms with Crippen LogP contribution in [0.25, 0.3) is 0 Å². The Morgan fingerprint density at radius 1 is 1.43 bits per heavy atom. The summed E-state index contributed by atoms with van der Waals surface area (Å²) in [5, 5.41) is 10.9. The first-order valence-electron chi connectivity index (χ1n) is 5.87. The van der Waals surface area contributed by atoms with Gasteiger partial charge in [-0.1, -0.05) is 12.1 Å². The van der Waals surface area contributed by atoms with Gasteiger partial charge >= 0.3 is 5.69 Å². The van der Waals surface area contributed by atoms with Crippen LogP contribution < -0.4 is 10.5 Å². The third-order valence-electron chi connectivity index (χ3n) is 2.72. The normalized spacial score (nSPS) is 10.4. The van der Waals surface area contributed by atoms with Gasteiger partial charge in [-0.2, -0.15) is 0 Å². The molecular formula is C13H12FN3O3S. The van der Waals surface area contributed by atoms with Crippen molar-refractivity contribution < 1.29 is 14.1 Å². The lowest BCUT2D eigenvalue weighted by Gasteiger charge is -2.06. The van der Waals surface area contributed by atoms with Crippen molar-refractivity contribution >= 4 is 23.3 Å². The van der Waals surface area contributed by atoms with Gasteiger partial charge in [-0.3, -0.25) is 10.1 Å². The Hall–Kier alpha value is -2.35. The highest BCUT2D eigenvalue weighted by molar-refractivity contribution is 7.98. The van der Waals surface area contributed by atoms with Crippen molar-refractivity contribution in [3.05, 3.63) is 52.0 Å². The van der Waals surface area contributed by atoms with Crippen molar-refractivity contribution in [3.8, 4) is 5.75 Å². The van der Waals surface area contributed by atoms with E-state index in [1.165, 1.54) is 0 Å². The van der Waals surface area contributed by atoms with E-state index in [1.54, 1.807) is 31.4 Å². The van der Waals surface area contributed by atoms with Crippen LogP contribution in [-0.2, 0) is 5.75 Å². The summed E-state index contributed by atoms with van der Waals surface area (Å²) in [6.07, 6.45) is 0.967. The summed E-state index contributed by atoms with van der Waals surface area (Å²) in [6, 6.07) is 7.14. The lowest BCUT2D eigenvalue weighted by atomic mass is 10.2. The van der Waals surface area contributed by atoms with E-state index < -0.39 is 10.7 Å². The van der Waals surface area contributed by atoms with Crippen LogP contribution >= 0.6 is 11.8 Å². The minimum atomic E-state index is -0.859. The predicted molar refractivity (Wildman–Crippen MR) is 77.8 cm³/mol. The molecule has 0 radical (unpaired) electrons. The second-order valence-corrected chi connectivity index (χ2v) is 5.05. The van der Waals surface area contributed by atoms with Crippen LogP contribution in [0.2, 0.25) is 0 Å². The summed E-state index contributed by atoms with van der Waals surface area (Å²) in [5.74, 6) is -0.139. The molecule has 110 valence electrons. The number of hydrogen-bond acceptors (Lipinski definition) is 6. The maximum Gasteiger partial charge on any atom is 0.304 e. The fourth-order valence-electron chi connectivity index (χ4n) is 1.62. The number of nitrogens with two attached hydrogens (primary N) is 1. The molecule has 1 aromatic carbocycles. The van der Waals surface area contributed by atoms with Gasteiger partial charge in [0.05, 0.1) is 12.0 Å². The first-order chi connectivity index (χ1) is 10.0. The van der Waals surface area contributed by atoms with Crippen molar-refractivity contribution in [1.82, 2.24) is 4.98 Å². The van der Waals surface area contributed by atoms with Gasteiger partial charge in [0.2, 0.25) is 0 Å². The number of aromatic nitrogens is 1. The van der Waals surface area contributed by atoms with Crippen LogP contribution in [0.1, 0.15) is 5.56 Å². The van der Waals surface area contributed by atoms with E-state index in [4.69, 9.17) is 10.5 Å². The van der Waals surface area contributed by atoms with Gasteiger partial charge in [-0.25, -0.2) is 9.37 Å². The van der Waals surface area contributed by atoms with Gasteiger partial charge in [0.1, 0.15) is 16.8 Å². The Morgan fingerprint density at radius 3 is 2.67 bits per heavy atom. The van der Waals surface area contributed by atoms with Crippen molar-refractivity contribution in [3.63, 3.8) is 0 Å². The molecule has 0 aliphatic carbocycles. The van der Waals surface area contributed by atoms with Gasteiger partial charge < -0.3 is 10.5 Å². The fraction of sp³-hybridized carbons (Fsp3) is 0.154. The highest BCUT2D eigenvalue weighted by atomic mass is 32.2. The maximum atomic E-state index is 13.9. The number of thioether (sulfide) groups is 1. The van der Waals surface area contributed by atoms with Crippen LogP contribution in [0.5, 0.6) is 5.75 Å². The molecule has 0 spiro atoms. The van der Waals surface area contributed by atoms with Crippen LogP contribution in [0, 0.1) is 15.9 Å². The smallest absolute Gasteiger partial charge is 0.304 e. The number of nitrogen functional groups attached to an aromatic ring is 1. The molecule has 2 rings (SSSR count). The van der Waals surface area contributed by atoms with Crippen LogP contribution in [0.4, 0.5) is 15.9 Å². The quantitative estimate of drug-likeness (QED) is 0.518. The summed E-state index contributed by atoms with van der Waals surface area (Å²) >= 11 is 1.01. The number of ether oxygens (including phenoxy) is 1. The van der Waals surface area contributed by atoms with E-state index in [9.17, 15) is 14.5 Å². The fourth-order valence-corrected chi connectivity index (χ4v) is 2.63. The number of anilines is 1. The van der Waals surface area contributed by atoms with E-state index in [2.05, 4.69) is 4.98 Å². The number of nitrogens with zero attached hydrogens (tertiary/aromatic N) is 2. The number of hydrogen-bond donors (Lipinski definition) is 1. The SMILES string of the molecule is COc1ccc(CSc2c([N+](=O)[O-])cnc(N)c2F)cc1. The highest BCUT2D eigenvalue weighted by Crippen LogP contribution is 2.35. The van der Waals surface area contributed by atoms with E-state index >= 15 is 0 Å². The standard InChI is InChI=1S/C13H12FN3O3S/c1-20-9-4-2-8(3-5-9)7-21-12-10(17(18)19)6-16-13(15)11(12)14/h2-6H,7H2,1H3,(H2,15,16). The number of pyridine rings is 1. The minimum Gasteiger partial charge on any atom is -0.497 e. The van der Waals surface area contributed by atoms with Gasteiger partial charge in [0, 0.05) is 5.75 Å². The topological polar surface area (TPSA) is 91.3 Å². The van der Waals surface area contributed by atoms with E-state index in [-0.39, 0.29) is 16.4 Å². The molecule has 0 saturated heterocycles. The van der Waals surface area contributed by atoms with E-state index in [0.29, 0.717) is 11.5 Å². The highest BCUT2D eigenvalue weighted by Gasteiger charge is 2.22. The third-order valence-corrected chi connectivity index (χ3v) is 3.88. The van der Waals surface area contributed by atoms with Crippen molar-refractivity contribution in [2.75, 3.05) is 12.8 Å². The summed E-state index contributed by atoms with van der Waals surface area (Å²) in [4.78, 5) is 13.6. The Morgan fingerprint density at radius 2 is 2.10 bits per heavy atom. The molecule has 2 N–H and O–H groups in total. The van der Waals surface area contributed by atoms with E-state index in [1.807, 2.05) is 0 Å². The molecule has 0 amide bonds. The molecule has 6 nitrogen and oxygen atoms in total. The minimum absolute atomic E-state index is 0.108. The Kier molecular flexibility index (Phi) is 4.59. The molecule has 0 aliphatic rings. The molecule has 8 heteroatoms. The molecule has 2 aromatic rings. The van der Waals surface area contributed by atoms with Crippen LogP contribution in [-0.4, -0.2) is 17.0 Å². The van der Waals surface area contributed by atoms with Gasteiger partial charge in [-0.15, -0.1) is 11.8 Å². The van der Waals surface area contributed by atoms with Crippen molar-refractivity contribution in [2.24, 2.45) is 0 Å². The Labute approximate surface area is 124 Å². The first kappa shape index (κ1) is 15.0. The largest absolute Gasteiger partial charge is 0.497 e. The third kappa shape index (κ3) is 3.40. The zero-order valence-corrected chi connectivity index (χ0v) is 11.9. The average Bonchev–Trinajstić information content (AvgIpc) is 2.49. The monoisotopic (exact) mass is 309 g/mol. The number of benzene rings is 1. The molecule has 21 heavy (non-hydrogen) atoms.